The van der Waals surface area contributed by atoms with E-state index in [4.69, 9.17) is 28.6 Å². The van der Waals surface area contributed by atoms with Gasteiger partial charge in [-0.15, -0.1) is 0 Å². The number of nitriles is 1. The molecule has 2 heterocycles. The minimum Gasteiger partial charge on any atom is -0.394 e. The van der Waals surface area contributed by atoms with Crippen LogP contribution in [0.15, 0.2) is 30.3 Å². The number of ether oxygens (including phenoxy) is 1. The summed E-state index contributed by atoms with van der Waals surface area (Å²) in [6.45, 7) is 1.17. The van der Waals surface area contributed by atoms with E-state index in [1.54, 1.807) is 37.3 Å². The Morgan fingerprint density at radius 3 is 2.39 bits per heavy atom. The molecule has 148 valence electrons. The van der Waals surface area contributed by atoms with Gasteiger partial charge >= 0.3 is 0 Å². The third-order valence-corrected chi connectivity index (χ3v) is 5.48. The molecule has 2 aromatic rings. The second-order valence-electron chi connectivity index (χ2n) is 6.59. The topological polar surface area (TPSA) is 119 Å². The predicted octanol–water partition coefficient (Wildman–Crippen LogP) is 1.69. The van der Waals surface area contributed by atoms with Crippen molar-refractivity contribution in [3.8, 4) is 17.2 Å². The quantitative estimate of drug-likeness (QED) is 0.556. The molecule has 5 atom stereocenters. The number of rotatable bonds is 3. The number of hydrogen-bond acceptors (Lipinski definition) is 7. The van der Waals surface area contributed by atoms with E-state index in [1.165, 1.54) is 4.57 Å². The standard InChI is InChI=1S/C19H19ClN2O5S/c1-9-6-12(10-2-4-11(20)5-3-10)13(7-21)19(28)22(9)18-17(26)16(25)15(24)14(8-23)27-18/h2-6,14-18,23-26H,8H2,1H3/t14-,15+,16+,17-,18-/m0/s1. The highest BCUT2D eigenvalue weighted by Crippen LogP contribution is 2.33. The maximum atomic E-state index is 10.4. The van der Waals surface area contributed by atoms with Crippen molar-refractivity contribution in [3.63, 3.8) is 0 Å². The smallest absolute Gasteiger partial charge is 0.164 e. The Kier molecular flexibility index (Phi) is 6.17. The predicted molar refractivity (Wildman–Crippen MR) is 104 cm³/mol. The van der Waals surface area contributed by atoms with Gasteiger partial charge in [0.1, 0.15) is 35.1 Å². The maximum Gasteiger partial charge on any atom is 0.164 e. The molecule has 1 saturated heterocycles. The van der Waals surface area contributed by atoms with Crippen molar-refractivity contribution in [2.24, 2.45) is 0 Å². The van der Waals surface area contributed by atoms with E-state index in [2.05, 4.69) is 6.07 Å². The summed E-state index contributed by atoms with van der Waals surface area (Å²) >= 11 is 11.4. The molecule has 0 saturated carbocycles. The van der Waals surface area contributed by atoms with Crippen molar-refractivity contribution < 1.29 is 25.2 Å². The van der Waals surface area contributed by atoms with Gasteiger partial charge in [-0.1, -0.05) is 36.0 Å². The van der Waals surface area contributed by atoms with Crippen LogP contribution in [0.1, 0.15) is 17.5 Å². The zero-order valence-electron chi connectivity index (χ0n) is 14.9. The number of hydrogen-bond donors (Lipinski definition) is 4. The normalized spacial score (nSPS) is 27.4. The number of benzene rings is 1. The highest BCUT2D eigenvalue weighted by Gasteiger charge is 2.44. The molecule has 1 aromatic heterocycles. The molecule has 4 N–H and O–H groups in total. The van der Waals surface area contributed by atoms with Crippen molar-refractivity contribution in [3.05, 3.63) is 51.3 Å². The zero-order valence-corrected chi connectivity index (χ0v) is 16.4. The van der Waals surface area contributed by atoms with Crippen molar-refractivity contribution in [1.82, 2.24) is 4.57 Å². The average Bonchev–Trinajstić information content (AvgIpc) is 2.68. The van der Waals surface area contributed by atoms with Crippen LogP contribution in [0.5, 0.6) is 0 Å². The summed E-state index contributed by atoms with van der Waals surface area (Å²) in [6.07, 6.45) is -6.77. The zero-order chi connectivity index (χ0) is 20.6. The van der Waals surface area contributed by atoms with Crippen LogP contribution in [0.2, 0.25) is 5.02 Å². The third kappa shape index (κ3) is 3.58. The molecule has 0 bridgehead atoms. The number of halogens is 1. The molecule has 9 heteroatoms. The SMILES string of the molecule is Cc1cc(-c2ccc(Cl)cc2)c(C#N)c(=S)n1[C@H]1O[C@@H](CO)[C@@H](O)[C@@H](O)[C@@H]1O. The Bertz CT molecular complexity index is 970. The minimum absolute atomic E-state index is 0.108. The summed E-state index contributed by atoms with van der Waals surface area (Å²) < 4.78 is 7.12. The van der Waals surface area contributed by atoms with E-state index >= 15 is 0 Å². The van der Waals surface area contributed by atoms with Gasteiger partial charge in [0, 0.05) is 16.3 Å². The summed E-state index contributed by atoms with van der Waals surface area (Å²) in [6, 6.07) is 10.8. The molecule has 0 amide bonds. The fraction of sp³-hybridized carbons (Fsp3) is 0.368. The number of nitrogens with zero attached hydrogens (tertiary/aromatic N) is 2. The monoisotopic (exact) mass is 422 g/mol. The lowest BCUT2D eigenvalue weighted by Gasteiger charge is -2.41. The Hall–Kier alpha value is -1.83. The molecular formula is C19H19ClN2O5S. The van der Waals surface area contributed by atoms with E-state index in [0.29, 0.717) is 16.3 Å². The van der Waals surface area contributed by atoms with Gasteiger partial charge in [0.05, 0.1) is 12.2 Å². The first-order valence-electron chi connectivity index (χ1n) is 8.52. The van der Waals surface area contributed by atoms with Crippen LogP contribution in [-0.2, 0) is 4.74 Å². The third-order valence-electron chi connectivity index (χ3n) is 4.82. The molecule has 1 aromatic carbocycles. The molecule has 3 rings (SSSR count). The van der Waals surface area contributed by atoms with E-state index in [0.717, 1.165) is 5.56 Å². The number of aliphatic hydroxyl groups excluding tert-OH is 4. The highest BCUT2D eigenvalue weighted by molar-refractivity contribution is 7.71. The summed E-state index contributed by atoms with van der Waals surface area (Å²) in [5.74, 6) is 0. The van der Waals surface area contributed by atoms with E-state index in [1.807, 2.05) is 0 Å². The van der Waals surface area contributed by atoms with Crippen LogP contribution in [0.4, 0.5) is 0 Å². The van der Waals surface area contributed by atoms with E-state index in [9.17, 15) is 25.7 Å². The van der Waals surface area contributed by atoms with Crippen LogP contribution >= 0.6 is 23.8 Å². The van der Waals surface area contributed by atoms with E-state index < -0.39 is 37.3 Å². The number of aliphatic hydroxyl groups is 4. The molecule has 1 aliphatic rings. The van der Waals surface area contributed by atoms with Crippen molar-refractivity contribution in [2.75, 3.05) is 6.61 Å². The van der Waals surface area contributed by atoms with Crippen LogP contribution < -0.4 is 0 Å². The number of aryl methyl sites for hydroxylation is 1. The lowest BCUT2D eigenvalue weighted by Crippen LogP contribution is -2.56. The summed E-state index contributed by atoms with van der Waals surface area (Å²) in [5, 5.41) is 50.2. The Balaban J connectivity index is 2.14. The highest BCUT2D eigenvalue weighted by atomic mass is 35.5. The van der Waals surface area contributed by atoms with Gasteiger partial charge < -0.3 is 29.7 Å². The molecule has 7 nitrogen and oxygen atoms in total. The second kappa shape index (κ2) is 8.27. The molecule has 1 fully saturated rings. The summed E-state index contributed by atoms with van der Waals surface area (Å²) in [5.41, 5.74) is 2.11. The molecule has 28 heavy (non-hydrogen) atoms. The lowest BCUT2D eigenvalue weighted by atomic mass is 9.97. The Labute approximate surface area is 171 Å². The molecule has 1 aliphatic heterocycles. The fourth-order valence-corrected chi connectivity index (χ4v) is 3.85. The van der Waals surface area contributed by atoms with Crippen LogP contribution in [0.3, 0.4) is 0 Å². The van der Waals surface area contributed by atoms with Gasteiger partial charge in [-0.05, 0) is 30.7 Å². The fourth-order valence-electron chi connectivity index (χ4n) is 3.32. The Morgan fingerprint density at radius 1 is 1.18 bits per heavy atom. The molecular weight excluding hydrogens is 404 g/mol. The lowest BCUT2D eigenvalue weighted by molar-refractivity contribution is -0.252. The van der Waals surface area contributed by atoms with Crippen molar-refractivity contribution >= 4 is 23.8 Å². The number of pyridine rings is 1. The van der Waals surface area contributed by atoms with Gasteiger partial charge in [-0.25, -0.2) is 0 Å². The average molecular weight is 423 g/mol. The van der Waals surface area contributed by atoms with Gasteiger partial charge in [-0.3, -0.25) is 0 Å². The first-order valence-corrected chi connectivity index (χ1v) is 9.31. The Morgan fingerprint density at radius 2 is 1.82 bits per heavy atom. The second-order valence-corrected chi connectivity index (χ2v) is 7.41. The van der Waals surface area contributed by atoms with Crippen molar-refractivity contribution in [1.29, 1.82) is 5.26 Å². The van der Waals surface area contributed by atoms with Crippen LogP contribution in [0.25, 0.3) is 11.1 Å². The van der Waals surface area contributed by atoms with Gasteiger partial charge in [0.15, 0.2) is 6.23 Å². The number of aromatic nitrogens is 1. The largest absolute Gasteiger partial charge is 0.394 e. The summed E-state index contributed by atoms with van der Waals surface area (Å²) in [7, 11) is 0. The van der Waals surface area contributed by atoms with Crippen LogP contribution in [0, 0.1) is 22.9 Å². The van der Waals surface area contributed by atoms with E-state index in [-0.39, 0.29) is 10.2 Å². The van der Waals surface area contributed by atoms with Gasteiger partial charge in [0.2, 0.25) is 0 Å². The first-order chi connectivity index (χ1) is 13.3. The molecule has 0 aliphatic carbocycles. The maximum absolute atomic E-state index is 10.4. The van der Waals surface area contributed by atoms with Gasteiger partial charge in [0.25, 0.3) is 0 Å². The summed E-state index contributed by atoms with van der Waals surface area (Å²) in [4.78, 5) is 0. The van der Waals surface area contributed by atoms with Crippen LogP contribution in [-0.4, -0.2) is 56.0 Å². The first kappa shape index (κ1) is 20.9. The van der Waals surface area contributed by atoms with Crippen molar-refractivity contribution in [2.45, 2.75) is 37.6 Å². The molecule has 0 spiro atoms. The molecule has 0 unspecified atom stereocenters. The van der Waals surface area contributed by atoms with Gasteiger partial charge in [-0.2, -0.15) is 5.26 Å². The molecule has 0 radical (unpaired) electrons. The minimum atomic E-state index is -1.54.